The number of rotatable bonds is 4. The lowest BCUT2D eigenvalue weighted by Gasteiger charge is -2.34. The van der Waals surface area contributed by atoms with Crippen molar-refractivity contribution in [2.24, 2.45) is 0 Å². The predicted octanol–water partition coefficient (Wildman–Crippen LogP) is 8.70. The number of halogens is 2. The average Bonchev–Trinajstić information content (AvgIpc) is 3.08. The molecule has 0 heterocycles. The van der Waals surface area contributed by atoms with E-state index >= 15 is 0 Å². The van der Waals surface area contributed by atoms with E-state index in [9.17, 15) is 0 Å². The monoisotopic (exact) mass is 662 g/mol. The number of thioether (sulfide) groups is 2. The molecule has 1 aliphatic carbocycles. The zero-order valence-corrected chi connectivity index (χ0v) is 23.1. The Hall–Kier alpha value is -0.960. The molecule has 0 N–H and O–H groups in total. The number of benzene rings is 4. The molecule has 0 atom stereocenters. The van der Waals surface area contributed by atoms with E-state index in [2.05, 4.69) is 143 Å². The second-order valence-electron chi connectivity index (χ2n) is 7.59. The third-order valence-corrected chi connectivity index (χ3v) is 8.94. The first-order valence-corrected chi connectivity index (χ1v) is 14.6. The Kier molecular flexibility index (Phi) is 6.18. The molecule has 0 unspecified atom stereocenters. The van der Waals surface area contributed by atoms with E-state index in [4.69, 9.17) is 0 Å². The largest absolute Gasteiger partial charge is 0.130 e. The highest BCUT2D eigenvalue weighted by Gasteiger charge is 2.46. The maximum absolute atomic E-state index is 2.45. The molecule has 0 amide bonds. The minimum atomic E-state index is -0.319. The van der Waals surface area contributed by atoms with Crippen molar-refractivity contribution in [2.45, 2.75) is 15.2 Å². The van der Waals surface area contributed by atoms with Crippen molar-refractivity contribution in [3.05, 3.63) is 114 Å². The van der Waals surface area contributed by atoms with Gasteiger partial charge in [0, 0.05) is 16.9 Å². The van der Waals surface area contributed by atoms with Crippen LogP contribution in [0.25, 0.3) is 11.1 Å². The lowest BCUT2D eigenvalue weighted by molar-refractivity contribution is 0.765. The van der Waals surface area contributed by atoms with Crippen LogP contribution >= 0.6 is 68.7 Å². The molecule has 31 heavy (non-hydrogen) atoms. The Labute approximate surface area is 219 Å². The quantitative estimate of drug-likeness (QED) is 0.140. The highest BCUT2D eigenvalue weighted by Crippen LogP contribution is 2.56. The SMILES string of the molecule is CSc1ccc(C2(c3ccc(SC)cc3)c3cc(I)ccc3-c3ccc(I)cc32)cc1. The van der Waals surface area contributed by atoms with E-state index < -0.39 is 0 Å². The zero-order valence-electron chi connectivity index (χ0n) is 17.2. The molecular weight excluding hydrogens is 642 g/mol. The molecule has 4 aromatic carbocycles. The Morgan fingerprint density at radius 2 is 0.935 bits per heavy atom. The van der Waals surface area contributed by atoms with Gasteiger partial charge in [-0.2, -0.15) is 0 Å². The van der Waals surface area contributed by atoms with Gasteiger partial charge in [-0.25, -0.2) is 0 Å². The highest BCUT2D eigenvalue weighted by molar-refractivity contribution is 14.1. The standard InChI is InChI=1S/C27H20I2S2/c1-30-21-9-3-17(4-10-21)27(18-5-11-22(31-2)12-6-18)25-15-19(28)7-13-23(25)24-14-8-20(29)16-26(24)27/h3-16H,1-2H3. The highest BCUT2D eigenvalue weighted by atomic mass is 127. The Morgan fingerprint density at radius 3 is 1.29 bits per heavy atom. The smallest absolute Gasteiger partial charge is 0.0714 e. The first kappa shape index (κ1) is 21.9. The van der Waals surface area contributed by atoms with Gasteiger partial charge in [-0.15, -0.1) is 23.5 Å². The van der Waals surface area contributed by atoms with Crippen LogP contribution in [0, 0.1) is 7.14 Å². The molecule has 4 heteroatoms. The fraction of sp³-hybridized carbons (Fsp3) is 0.111. The zero-order chi connectivity index (χ0) is 21.6. The Balaban J connectivity index is 1.91. The summed E-state index contributed by atoms with van der Waals surface area (Å²) < 4.78 is 2.54. The van der Waals surface area contributed by atoms with Crippen molar-refractivity contribution in [3.8, 4) is 11.1 Å². The van der Waals surface area contributed by atoms with Gasteiger partial charge in [-0.3, -0.25) is 0 Å². The maximum atomic E-state index is 2.45. The lowest BCUT2D eigenvalue weighted by Crippen LogP contribution is -2.28. The lowest BCUT2D eigenvalue weighted by atomic mass is 9.68. The molecule has 0 aromatic heterocycles. The van der Waals surface area contributed by atoms with Crippen molar-refractivity contribution < 1.29 is 0 Å². The van der Waals surface area contributed by atoms with Crippen LogP contribution in [0.1, 0.15) is 22.3 Å². The molecule has 0 bridgehead atoms. The molecule has 0 aliphatic heterocycles. The molecule has 154 valence electrons. The second kappa shape index (κ2) is 8.76. The fourth-order valence-corrected chi connectivity index (χ4v) is 6.54. The third-order valence-electron chi connectivity index (χ3n) is 6.11. The predicted molar refractivity (Wildman–Crippen MR) is 153 cm³/mol. The minimum Gasteiger partial charge on any atom is -0.130 e. The van der Waals surface area contributed by atoms with E-state index in [0.29, 0.717) is 0 Å². The van der Waals surface area contributed by atoms with Gasteiger partial charge < -0.3 is 0 Å². The summed E-state index contributed by atoms with van der Waals surface area (Å²) in [4.78, 5) is 2.58. The van der Waals surface area contributed by atoms with Gasteiger partial charge >= 0.3 is 0 Å². The molecule has 1 aliphatic rings. The van der Waals surface area contributed by atoms with E-state index in [1.807, 2.05) is 0 Å². The number of hydrogen-bond donors (Lipinski definition) is 0. The average molecular weight is 662 g/mol. The summed E-state index contributed by atoms with van der Waals surface area (Å²) in [6, 6.07) is 32.2. The molecule has 0 saturated heterocycles. The van der Waals surface area contributed by atoms with Gasteiger partial charge in [0.25, 0.3) is 0 Å². The molecule has 0 nitrogen and oxygen atoms in total. The normalized spacial score (nSPS) is 13.7. The molecule has 0 radical (unpaired) electrons. The number of fused-ring (bicyclic) bond motifs is 3. The topological polar surface area (TPSA) is 0 Å². The Morgan fingerprint density at radius 1 is 0.548 bits per heavy atom. The van der Waals surface area contributed by atoms with Crippen LogP contribution in [-0.4, -0.2) is 12.5 Å². The van der Waals surface area contributed by atoms with Crippen LogP contribution in [0.4, 0.5) is 0 Å². The van der Waals surface area contributed by atoms with Gasteiger partial charge in [0.15, 0.2) is 0 Å². The first-order chi connectivity index (χ1) is 15.1. The van der Waals surface area contributed by atoms with Gasteiger partial charge in [0.2, 0.25) is 0 Å². The van der Waals surface area contributed by atoms with E-state index in [-0.39, 0.29) is 5.41 Å². The van der Waals surface area contributed by atoms with Crippen molar-refractivity contribution in [1.82, 2.24) is 0 Å². The van der Waals surface area contributed by atoms with E-state index in [1.54, 1.807) is 23.5 Å². The summed E-state index contributed by atoms with van der Waals surface area (Å²) >= 11 is 8.48. The van der Waals surface area contributed by atoms with Crippen LogP contribution in [0.5, 0.6) is 0 Å². The fourth-order valence-electron chi connectivity index (χ4n) is 4.74. The van der Waals surface area contributed by atoms with Gasteiger partial charge in [0.05, 0.1) is 5.41 Å². The van der Waals surface area contributed by atoms with Crippen LogP contribution in [0.3, 0.4) is 0 Å². The van der Waals surface area contributed by atoms with Crippen molar-refractivity contribution in [3.63, 3.8) is 0 Å². The van der Waals surface area contributed by atoms with Crippen LogP contribution in [0.2, 0.25) is 0 Å². The molecule has 0 fully saturated rings. The first-order valence-electron chi connectivity index (χ1n) is 9.97. The van der Waals surface area contributed by atoms with Gasteiger partial charge in [-0.1, -0.05) is 36.4 Å². The molecule has 4 aromatic rings. The van der Waals surface area contributed by atoms with E-state index in [1.165, 1.54) is 50.3 Å². The molecule has 0 saturated carbocycles. The molecule has 0 spiro atoms. The van der Waals surface area contributed by atoms with Crippen LogP contribution in [-0.2, 0) is 5.41 Å². The van der Waals surface area contributed by atoms with Crippen LogP contribution < -0.4 is 0 Å². The van der Waals surface area contributed by atoms with Crippen molar-refractivity contribution in [1.29, 1.82) is 0 Å². The summed E-state index contributed by atoms with van der Waals surface area (Å²) in [7, 11) is 0. The molecule has 5 rings (SSSR count). The maximum Gasteiger partial charge on any atom is 0.0714 e. The van der Waals surface area contributed by atoms with Gasteiger partial charge in [0.1, 0.15) is 0 Å². The molecular formula is C27H20I2S2. The van der Waals surface area contributed by atoms with Crippen molar-refractivity contribution >= 4 is 68.7 Å². The minimum absolute atomic E-state index is 0.319. The second-order valence-corrected chi connectivity index (χ2v) is 11.8. The number of hydrogen-bond acceptors (Lipinski definition) is 2. The van der Waals surface area contributed by atoms with Crippen molar-refractivity contribution in [2.75, 3.05) is 12.5 Å². The Bertz CT molecular complexity index is 1160. The summed E-state index contributed by atoms with van der Waals surface area (Å²) in [5.41, 5.74) is 7.78. The van der Waals surface area contributed by atoms with E-state index in [0.717, 1.165) is 0 Å². The van der Waals surface area contributed by atoms with Crippen LogP contribution in [0.15, 0.2) is 94.7 Å². The summed E-state index contributed by atoms with van der Waals surface area (Å²) in [6.07, 6.45) is 4.27. The third kappa shape index (κ3) is 3.58. The summed E-state index contributed by atoms with van der Waals surface area (Å²) in [6.45, 7) is 0. The summed E-state index contributed by atoms with van der Waals surface area (Å²) in [5, 5.41) is 0. The van der Waals surface area contributed by atoms with Gasteiger partial charge in [-0.05, 0) is 140 Å². The summed E-state index contributed by atoms with van der Waals surface area (Å²) in [5.74, 6) is 0.